The summed E-state index contributed by atoms with van der Waals surface area (Å²) in [6.07, 6.45) is 16.1. The van der Waals surface area contributed by atoms with Gasteiger partial charge in [0.2, 0.25) is 0 Å². The molecule has 2 fully saturated rings. The molecule has 2 aliphatic rings. The van der Waals surface area contributed by atoms with Gasteiger partial charge in [-0.05, 0) is 117 Å². The Balaban J connectivity index is 0.000000175. The fourth-order valence-corrected chi connectivity index (χ4v) is 9.60. The Bertz CT molecular complexity index is 2630. The molecule has 13 nitrogen and oxygen atoms in total. The molecule has 0 unspecified atom stereocenters. The van der Waals surface area contributed by atoms with E-state index in [1.54, 1.807) is 43.0 Å². The molecule has 332 valence electrons. The highest BCUT2D eigenvalue weighted by Crippen LogP contribution is 2.26. The van der Waals surface area contributed by atoms with Crippen molar-refractivity contribution in [3.63, 3.8) is 0 Å². The van der Waals surface area contributed by atoms with E-state index < -0.39 is 0 Å². The summed E-state index contributed by atoms with van der Waals surface area (Å²) in [4.78, 5) is 71.6. The van der Waals surface area contributed by atoms with E-state index in [2.05, 4.69) is 35.5 Å². The van der Waals surface area contributed by atoms with Crippen LogP contribution in [0.15, 0.2) is 104 Å². The minimum Gasteiger partial charge on any atom is -0.361 e. The number of H-pyrrole nitrogens is 2. The van der Waals surface area contributed by atoms with Crippen LogP contribution < -0.4 is 10.6 Å². The number of piperazine rings is 1. The molecule has 0 bridgehead atoms. The number of pyridine rings is 2. The quantitative estimate of drug-likeness (QED) is 0.0798. The number of hydrogen-bond acceptors (Lipinski definition) is 8. The lowest BCUT2D eigenvalue weighted by Gasteiger charge is -2.34. The van der Waals surface area contributed by atoms with Gasteiger partial charge in [0, 0.05) is 121 Å². The van der Waals surface area contributed by atoms with Crippen LogP contribution in [0, 0.1) is 5.92 Å². The van der Waals surface area contributed by atoms with E-state index in [-0.39, 0.29) is 23.6 Å². The highest BCUT2D eigenvalue weighted by Gasteiger charge is 2.24. The third-order valence-corrected chi connectivity index (χ3v) is 13.5. The third-order valence-electron chi connectivity index (χ3n) is 12.2. The number of carbonyl (C=O) groups is 4. The predicted molar refractivity (Wildman–Crippen MR) is 254 cm³/mol. The summed E-state index contributed by atoms with van der Waals surface area (Å²) in [5, 5.41) is 9.67. The van der Waals surface area contributed by atoms with Crippen LogP contribution in [0.25, 0.3) is 31.9 Å². The van der Waals surface area contributed by atoms with Gasteiger partial charge in [-0.15, -0.1) is 11.3 Å². The average molecular weight is 901 g/mol. The molecule has 9 rings (SSSR count). The summed E-state index contributed by atoms with van der Waals surface area (Å²) in [6.45, 7) is 7.12. The highest BCUT2D eigenvalue weighted by atomic mass is 35.5. The van der Waals surface area contributed by atoms with Gasteiger partial charge >= 0.3 is 0 Å². The van der Waals surface area contributed by atoms with Crippen molar-refractivity contribution in [1.29, 1.82) is 0 Å². The van der Waals surface area contributed by atoms with Gasteiger partial charge in [0.15, 0.2) is 0 Å². The monoisotopic (exact) mass is 899 g/mol. The van der Waals surface area contributed by atoms with Crippen molar-refractivity contribution in [1.82, 2.24) is 45.3 Å². The number of rotatable bonds is 14. The minimum absolute atomic E-state index is 0.000785. The predicted octanol–water partition coefficient (Wildman–Crippen LogP) is 8.41. The molecule has 15 heteroatoms. The fourth-order valence-electron chi connectivity index (χ4n) is 8.47. The van der Waals surface area contributed by atoms with E-state index in [9.17, 15) is 19.2 Å². The second-order valence-corrected chi connectivity index (χ2v) is 18.1. The zero-order valence-corrected chi connectivity index (χ0v) is 37.4. The van der Waals surface area contributed by atoms with Gasteiger partial charge in [0.25, 0.3) is 23.6 Å². The molecule has 2 aliphatic heterocycles. The maximum atomic E-state index is 12.9. The molecule has 0 aliphatic carbocycles. The highest BCUT2D eigenvalue weighted by molar-refractivity contribution is 7.20. The first-order valence-corrected chi connectivity index (χ1v) is 23.4. The van der Waals surface area contributed by atoms with Gasteiger partial charge in [-0.1, -0.05) is 30.5 Å². The molecule has 2 saturated heterocycles. The molecule has 0 atom stereocenters. The number of piperidine rings is 1. The Morgan fingerprint density at radius 1 is 0.688 bits per heavy atom. The van der Waals surface area contributed by atoms with Gasteiger partial charge in [0.1, 0.15) is 5.69 Å². The Kier molecular flexibility index (Phi) is 15.0. The molecule has 0 spiro atoms. The topological polar surface area (TPSA) is 159 Å². The first-order chi connectivity index (χ1) is 31.3. The largest absolute Gasteiger partial charge is 0.361 e. The molecule has 64 heavy (non-hydrogen) atoms. The number of aromatic nitrogens is 4. The Labute approximate surface area is 381 Å². The van der Waals surface area contributed by atoms with Crippen molar-refractivity contribution in [2.24, 2.45) is 5.92 Å². The molecule has 4 amide bonds. The normalized spacial score (nSPS) is 14.7. The summed E-state index contributed by atoms with van der Waals surface area (Å²) in [5.41, 5.74) is 3.94. The van der Waals surface area contributed by atoms with E-state index in [0.717, 1.165) is 133 Å². The second kappa shape index (κ2) is 21.5. The second-order valence-electron chi connectivity index (χ2n) is 16.5. The molecule has 4 N–H and O–H groups in total. The summed E-state index contributed by atoms with van der Waals surface area (Å²) >= 11 is 7.48. The summed E-state index contributed by atoms with van der Waals surface area (Å²) in [7, 11) is 0. The van der Waals surface area contributed by atoms with E-state index >= 15 is 0 Å². The van der Waals surface area contributed by atoms with Crippen LogP contribution in [-0.2, 0) is 0 Å². The first-order valence-electron chi connectivity index (χ1n) is 22.2. The van der Waals surface area contributed by atoms with Gasteiger partial charge in [-0.3, -0.25) is 34.0 Å². The number of amides is 4. The van der Waals surface area contributed by atoms with Crippen LogP contribution in [0.1, 0.15) is 85.8 Å². The van der Waals surface area contributed by atoms with Crippen LogP contribution >= 0.6 is 22.9 Å². The lowest BCUT2D eigenvalue weighted by molar-refractivity contribution is 0.0634. The van der Waals surface area contributed by atoms with Crippen molar-refractivity contribution in [2.75, 3.05) is 58.9 Å². The van der Waals surface area contributed by atoms with E-state index in [1.165, 1.54) is 11.3 Å². The van der Waals surface area contributed by atoms with Crippen molar-refractivity contribution >= 4 is 78.5 Å². The van der Waals surface area contributed by atoms with Gasteiger partial charge in [-0.25, -0.2) is 0 Å². The zero-order chi connectivity index (χ0) is 44.3. The van der Waals surface area contributed by atoms with Crippen LogP contribution in [0.4, 0.5) is 0 Å². The smallest absolute Gasteiger partial charge is 0.267 e. The van der Waals surface area contributed by atoms with E-state index in [1.807, 2.05) is 70.6 Å². The summed E-state index contributed by atoms with van der Waals surface area (Å²) in [6, 6.07) is 22.5. The van der Waals surface area contributed by atoms with Crippen LogP contribution in [0.5, 0.6) is 0 Å². The lowest BCUT2D eigenvalue weighted by Crippen LogP contribution is -2.48. The summed E-state index contributed by atoms with van der Waals surface area (Å²) in [5.74, 6) is 0.742. The number of benzene rings is 2. The number of aromatic amines is 2. The SMILES string of the molecule is O=C(NCCCCC1CCN(C(=O)c2ccc3[nH]ccc3c2)CC1)c1cc2ccncc2s1.O=C(NCCCCN1CCN(C(=O)c2cccc(Cl)c2)CC1)c1cc2cnccc2[nH]1. The zero-order valence-electron chi connectivity index (χ0n) is 35.9. The number of halogens is 1. The molecular weight excluding hydrogens is 846 g/mol. The molecule has 5 aromatic heterocycles. The molecule has 0 radical (unpaired) electrons. The third kappa shape index (κ3) is 11.5. The van der Waals surface area contributed by atoms with Crippen molar-refractivity contribution in [3.05, 3.63) is 131 Å². The number of nitrogens with one attached hydrogen (secondary N) is 4. The number of carbonyl (C=O) groups excluding carboxylic acids is 4. The standard InChI is InChI=1S/C26H28N4O2S.C23H26ClN5O2/c31-25(23-16-20-6-11-27-17-24(20)33-23)29-10-2-1-3-18-8-13-30(14-9-18)26(32)21-4-5-22-19(15-21)7-12-28-22;24-19-5-3-4-17(14-19)23(31)29-12-10-28(11-13-29)9-2-1-7-26-22(30)21-15-18-16-25-8-6-20(18)27-21/h4-7,11-12,15-18,28H,1-3,8-10,13-14H2,(H,29,31);3-6,8,14-16,27H,1-2,7,9-13H2,(H,26,30). The average Bonchev–Trinajstić information content (AvgIpc) is 4.10. The number of nitrogens with zero attached hydrogens (tertiary/aromatic N) is 5. The number of hydrogen-bond donors (Lipinski definition) is 4. The fraction of sp³-hybridized carbons (Fsp3) is 0.347. The maximum Gasteiger partial charge on any atom is 0.267 e. The first kappa shape index (κ1) is 44.5. The Morgan fingerprint density at radius 3 is 2.20 bits per heavy atom. The van der Waals surface area contributed by atoms with Crippen molar-refractivity contribution in [3.8, 4) is 0 Å². The van der Waals surface area contributed by atoms with Crippen LogP contribution in [0.2, 0.25) is 5.02 Å². The van der Waals surface area contributed by atoms with Crippen LogP contribution in [0.3, 0.4) is 0 Å². The maximum absolute atomic E-state index is 12.9. The van der Waals surface area contributed by atoms with E-state index in [0.29, 0.717) is 35.3 Å². The number of likely N-dealkylation sites (tertiary alicyclic amines) is 1. The van der Waals surface area contributed by atoms with Crippen molar-refractivity contribution < 1.29 is 19.2 Å². The minimum atomic E-state index is -0.0932. The van der Waals surface area contributed by atoms with Crippen LogP contribution in [-0.4, -0.2) is 117 Å². The molecule has 0 saturated carbocycles. The van der Waals surface area contributed by atoms with Crippen molar-refractivity contribution in [2.45, 2.75) is 44.9 Å². The number of thiophene rings is 1. The van der Waals surface area contributed by atoms with Gasteiger partial charge in [0.05, 0.1) is 9.58 Å². The lowest BCUT2D eigenvalue weighted by atomic mass is 9.91. The number of fused-ring (bicyclic) bond motifs is 3. The molecular formula is C49H54ClN9O4S. The molecule has 2 aromatic carbocycles. The molecule has 7 aromatic rings. The van der Waals surface area contributed by atoms with E-state index in [4.69, 9.17) is 11.6 Å². The number of unbranched alkanes of at least 4 members (excludes halogenated alkanes) is 2. The Hall–Kier alpha value is -6.09. The van der Waals surface area contributed by atoms with Gasteiger partial charge < -0.3 is 30.4 Å². The summed E-state index contributed by atoms with van der Waals surface area (Å²) < 4.78 is 1.04. The molecule has 7 heterocycles. The Morgan fingerprint density at radius 2 is 1.42 bits per heavy atom. The van der Waals surface area contributed by atoms with Gasteiger partial charge in [-0.2, -0.15) is 0 Å².